The van der Waals surface area contributed by atoms with Crippen molar-refractivity contribution in [3.8, 4) is 0 Å². The Morgan fingerprint density at radius 3 is 2.30 bits per heavy atom. The van der Waals surface area contributed by atoms with E-state index in [0.29, 0.717) is 12.1 Å². The molecule has 1 aromatic rings. The van der Waals surface area contributed by atoms with Crippen molar-refractivity contribution in [2.75, 3.05) is 26.3 Å². The minimum Gasteiger partial charge on any atom is -0.478 e. The molecule has 0 spiro atoms. The zero-order valence-electron chi connectivity index (χ0n) is 11.4. The largest absolute Gasteiger partial charge is 0.478 e. The van der Waals surface area contributed by atoms with Crippen molar-refractivity contribution in [3.63, 3.8) is 0 Å². The first-order valence-corrected chi connectivity index (χ1v) is 8.50. The smallest absolute Gasteiger partial charge is 0.417 e. The van der Waals surface area contributed by atoms with E-state index in [1.54, 1.807) is 0 Å². The van der Waals surface area contributed by atoms with Gasteiger partial charge in [0.1, 0.15) is 0 Å². The molecule has 2 rings (SSSR count). The van der Waals surface area contributed by atoms with E-state index < -0.39 is 38.2 Å². The number of hydrogen-bond donors (Lipinski definition) is 1. The fraction of sp³-hybridized carbons (Fsp3) is 0.417. The molecule has 0 aliphatic carbocycles. The zero-order valence-corrected chi connectivity index (χ0v) is 13.8. The Balaban J connectivity index is 2.67. The second-order valence-corrected chi connectivity index (χ2v) is 7.41. The summed E-state index contributed by atoms with van der Waals surface area (Å²) in [5.41, 5.74) is -1.98. The molecule has 1 aromatic carbocycles. The molecule has 0 amide bonds. The predicted octanol–water partition coefficient (Wildman–Crippen LogP) is 2.19. The third-order valence-electron chi connectivity index (χ3n) is 3.19. The van der Waals surface area contributed by atoms with Gasteiger partial charge in [0, 0.05) is 17.6 Å². The molecule has 11 heteroatoms. The number of morpholine rings is 1. The van der Waals surface area contributed by atoms with E-state index >= 15 is 0 Å². The molecule has 0 saturated carbocycles. The Bertz CT molecular complexity index is 729. The van der Waals surface area contributed by atoms with Gasteiger partial charge in [-0.3, -0.25) is 0 Å². The maximum absolute atomic E-state index is 13.2. The molecule has 0 unspecified atom stereocenters. The van der Waals surface area contributed by atoms with E-state index in [-0.39, 0.29) is 30.8 Å². The van der Waals surface area contributed by atoms with Crippen molar-refractivity contribution in [1.29, 1.82) is 0 Å². The van der Waals surface area contributed by atoms with E-state index in [2.05, 4.69) is 15.9 Å². The van der Waals surface area contributed by atoms with Gasteiger partial charge >= 0.3 is 12.1 Å². The maximum Gasteiger partial charge on any atom is 0.417 e. The zero-order chi connectivity index (χ0) is 17.4. The Labute approximate surface area is 138 Å². The number of benzene rings is 1. The lowest BCUT2D eigenvalue weighted by molar-refractivity contribution is -0.140. The predicted molar refractivity (Wildman–Crippen MR) is 75.7 cm³/mol. The van der Waals surface area contributed by atoms with Gasteiger partial charge in [0.25, 0.3) is 0 Å². The minimum absolute atomic E-state index is 0.0584. The van der Waals surface area contributed by atoms with Crippen LogP contribution in [0.2, 0.25) is 0 Å². The Morgan fingerprint density at radius 2 is 1.83 bits per heavy atom. The number of sulfonamides is 1. The molecule has 0 radical (unpaired) electrons. The van der Waals surface area contributed by atoms with Crippen molar-refractivity contribution < 1.29 is 36.2 Å². The number of aromatic carboxylic acids is 1. The molecule has 0 bridgehead atoms. The number of ether oxygens (including phenoxy) is 1. The van der Waals surface area contributed by atoms with E-state index in [9.17, 15) is 26.4 Å². The van der Waals surface area contributed by atoms with Crippen molar-refractivity contribution >= 4 is 31.9 Å². The lowest BCUT2D eigenvalue weighted by Crippen LogP contribution is -2.41. The van der Waals surface area contributed by atoms with E-state index in [1.165, 1.54) is 0 Å². The van der Waals surface area contributed by atoms with E-state index in [0.717, 1.165) is 4.31 Å². The summed E-state index contributed by atoms with van der Waals surface area (Å²) >= 11 is 2.73. The summed E-state index contributed by atoms with van der Waals surface area (Å²) < 4.78 is 70.0. The van der Waals surface area contributed by atoms with Crippen molar-refractivity contribution in [3.05, 3.63) is 27.7 Å². The molecule has 1 N–H and O–H groups in total. The van der Waals surface area contributed by atoms with Crippen molar-refractivity contribution in [1.82, 2.24) is 4.31 Å². The molecular weight excluding hydrogens is 407 g/mol. The quantitative estimate of drug-likeness (QED) is 0.814. The average Bonchev–Trinajstić information content (AvgIpc) is 2.46. The summed E-state index contributed by atoms with van der Waals surface area (Å²) in [6, 6.07) is 0.997. The first-order valence-electron chi connectivity index (χ1n) is 6.27. The van der Waals surface area contributed by atoms with Crippen LogP contribution in [0.25, 0.3) is 0 Å². The molecule has 1 saturated heterocycles. The number of hydrogen-bond acceptors (Lipinski definition) is 4. The van der Waals surface area contributed by atoms with Crippen LogP contribution < -0.4 is 0 Å². The van der Waals surface area contributed by atoms with Crippen LogP contribution in [-0.4, -0.2) is 50.1 Å². The molecule has 1 heterocycles. The van der Waals surface area contributed by atoms with Gasteiger partial charge in [0.05, 0.1) is 29.2 Å². The third-order valence-corrected chi connectivity index (χ3v) is 5.79. The Morgan fingerprint density at radius 1 is 1.26 bits per heavy atom. The third kappa shape index (κ3) is 3.67. The van der Waals surface area contributed by atoms with Gasteiger partial charge in [-0.1, -0.05) is 0 Å². The van der Waals surface area contributed by atoms with Crippen LogP contribution in [0.1, 0.15) is 15.9 Å². The van der Waals surface area contributed by atoms with Gasteiger partial charge in [0.15, 0.2) is 0 Å². The number of nitrogens with zero attached hydrogens (tertiary/aromatic N) is 1. The summed E-state index contributed by atoms with van der Waals surface area (Å²) in [6.07, 6.45) is -4.95. The molecule has 23 heavy (non-hydrogen) atoms. The molecule has 0 atom stereocenters. The van der Waals surface area contributed by atoms with Crippen LogP contribution >= 0.6 is 15.9 Å². The van der Waals surface area contributed by atoms with Crippen LogP contribution in [0.4, 0.5) is 13.2 Å². The van der Waals surface area contributed by atoms with Gasteiger partial charge < -0.3 is 9.84 Å². The first-order chi connectivity index (χ1) is 10.5. The Kier molecular flexibility index (Phi) is 5.04. The monoisotopic (exact) mass is 417 g/mol. The fourth-order valence-electron chi connectivity index (χ4n) is 2.08. The van der Waals surface area contributed by atoms with E-state index in [4.69, 9.17) is 9.84 Å². The summed E-state index contributed by atoms with van der Waals surface area (Å²) in [7, 11) is -4.50. The van der Waals surface area contributed by atoms with Gasteiger partial charge in [-0.15, -0.1) is 0 Å². The topological polar surface area (TPSA) is 83.9 Å². The highest BCUT2D eigenvalue weighted by atomic mass is 79.9. The SMILES string of the molecule is O=C(O)c1cc(S(=O)(=O)N2CCOCC2)c(C(F)(F)F)cc1Br. The summed E-state index contributed by atoms with van der Waals surface area (Å²) in [5.74, 6) is -1.54. The number of rotatable bonds is 3. The van der Waals surface area contributed by atoms with Crippen LogP contribution in [-0.2, 0) is 20.9 Å². The first kappa shape index (κ1) is 18.2. The summed E-state index contributed by atoms with van der Waals surface area (Å²) in [4.78, 5) is 10.0. The van der Waals surface area contributed by atoms with E-state index in [1.807, 2.05) is 0 Å². The standard InChI is InChI=1S/C12H11BrF3NO5S/c13-9-6-8(12(14,15)16)10(5-7(9)11(18)19)23(20,21)17-1-3-22-4-2-17/h5-6H,1-4H2,(H,18,19). The van der Waals surface area contributed by atoms with Gasteiger partial charge in [-0.2, -0.15) is 17.5 Å². The lowest BCUT2D eigenvalue weighted by atomic mass is 10.1. The molecule has 0 aromatic heterocycles. The summed E-state index contributed by atoms with van der Waals surface area (Å²) in [5, 5.41) is 9.02. The molecule has 128 valence electrons. The van der Waals surface area contributed by atoms with Crippen molar-refractivity contribution in [2.45, 2.75) is 11.1 Å². The Hall–Kier alpha value is -1.17. The number of carbonyl (C=O) groups is 1. The molecule has 1 fully saturated rings. The number of alkyl halides is 3. The number of halogens is 4. The molecule has 6 nitrogen and oxygen atoms in total. The number of carboxylic acid groups (broad SMARTS) is 1. The second-order valence-electron chi connectivity index (χ2n) is 4.65. The van der Waals surface area contributed by atoms with Crippen LogP contribution in [0.5, 0.6) is 0 Å². The highest BCUT2D eigenvalue weighted by Gasteiger charge is 2.40. The minimum atomic E-state index is -4.95. The highest BCUT2D eigenvalue weighted by molar-refractivity contribution is 9.10. The summed E-state index contributed by atoms with van der Waals surface area (Å²) in [6.45, 7) is -0.0814. The van der Waals surface area contributed by atoms with Crippen LogP contribution in [0, 0.1) is 0 Å². The maximum atomic E-state index is 13.2. The molecule has 1 aliphatic heterocycles. The molecule has 1 aliphatic rings. The van der Waals surface area contributed by atoms with Crippen molar-refractivity contribution in [2.24, 2.45) is 0 Å². The van der Waals surface area contributed by atoms with Crippen LogP contribution in [0.15, 0.2) is 21.5 Å². The highest BCUT2D eigenvalue weighted by Crippen LogP contribution is 2.38. The average molecular weight is 418 g/mol. The number of carboxylic acids is 1. The normalized spacial score (nSPS) is 17.2. The van der Waals surface area contributed by atoms with Gasteiger partial charge in [-0.05, 0) is 28.1 Å². The lowest BCUT2D eigenvalue weighted by Gasteiger charge is -2.27. The fourth-order valence-corrected chi connectivity index (χ4v) is 4.22. The van der Waals surface area contributed by atoms with Gasteiger partial charge in [0.2, 0.25) is 10.0 Å². The molecular formula is C12H11BrF3NO5S. The van der Waals surface area contributed by atoms with Crippen LogP contribution in [0.3, 0.4) is 0 Å². The van der Waals surface area contributed by atoms with Gasteiger partial charge in [-0.25, -0.2) is 13.2 Å². The second kappa shape index (κ2) is 6.38.